The van der Waals surface area contributed by atoms with Gasteiger partial charge in [-0.05, 0) is 0 Å². The van der Waals surface area contributed by atoms with E-state index >= 15 is 0 Å². The van der Waals surface area contributed by atoms with Gasteiger partial charge in [0.2, 0.25) is 5.91 Å². The number of carbonyl (C=O) groups is 1. The lowest BCUT2D eigenvalue weighted by Crippen LogP contribution is -2.41. The van der Waals surface area contributed by atoms with E-state index in [0.717, 1.165) is 5.56 Å². The van der Waals surface area contributed by atoms with Crippen LogP contribution in [0.2, 0.25) is 0 Å². The minimum Gasteiger partial charge on any atom is -0.378 e. The molecule has 0 bridgehead atoms. The van der Waals surface area contributed by atoms with E-state index in [-0.39, 0.29) is 5.91 Å². The van der Waals surface area contributed by atoms with Crippen molar-refractivity contribution < 1.29 is 9.53 Å². The molecule has 1 aromatic heterocycles. The lowest BCUT2D eigenvalue weighted by molar-refractivity contribution is -0.135. The minimum atomic E-state index is 0.190. The molecular weight excluding hydrogens is 232 g/mol. The molecule has 0 radical (unpaired) electrons. The molecule has 1 amide bonds. The fourth-order valence-electron chi connectivity index (χ4n) is 1.82. The van der Waals surface area contributed by atoms with Gasteiger partial charge in [-0.15, -0.1) is 0 Å². The third-order valence-corrected chi connectivity index (χ3v) is 2.82. The number of hydrogen-bond donors (Lipinski definition) is 1. The molecule has 1 aliphatic heterocycles. The highest BCUT2D eigenvalue weighted by Gasteiger charge is 2.15. The second-order valence-corrected chi connectivity index (χ2v) is 4.17. The third kappa shape index (κ3) is 4.05. The molecule has 0 atom stereocenters. The van der Waals surface area contributed by atoms with Crippen LogP contribution in [-0.2, 0) is 16.1 Å². The molecular formula is C12H18N4O2. The van der Waals surface area contributed by atoms with Crippen LogP contribution in [0, 0.1) is 0 Å². The van der Waals surface area contributed by atoms with Crippen molar-refractivity contribution >= 4 is 5.91 Å². The Morgan fingerprint density at radius 2 is 2.06 bits per heavy atom. The molecule has 1 saturated heterocycles. The fourth-order valence-corrected chi connectivity index (χ4v) is 1.82. The topological polar surface area (TPSA) is 67.4 Å². The molecule has 98 valence electrons. The monoisotopic (exact) mass is 250 g/mol. The van der Waals surface area contributed by atoms with Crippen LogP contribution in [0.3, 0.4) is 0 Å². The second-order valence-electron chi connectivity index (χ2n) is 4.17. The zero-order chi connectivity index (χ0) is 12.6. The second kappa shape index (κ2) is 7.03. The van der Waals surface area contributed by atoms with Crippen LogP contribution in [0.4, 0.5) is 0 Å². The SMILES string of the molecule is O=C(CCNCc1cncnc1)N1CCOCC1. The summed E-state index contributed by atoms with van der Waals surface area (Å²) in [5.74, 6) is 0.190. The van der Waals surface area contributed by atoms with Crippen molar-refractivity contribution in [3.63, 3.8) is 0 Å². The molecule has 1 fully saturated rings. The zero-order valence-electron chi connectivity index (χ0n) is 10.3. The Hall–Kier alpha value is -1.53. The van der Waals surface area contributed by atoms with Crippen LogP contribution in [0.15, 0.2) is 18.7 Å². The summed E-state index contributed by atoms with van der Waals surface area (Å²) >= 11 is 0. The minimum absolute atomic E-state index is 0.190. The lowest BCUT2D eigenvalue weighted by Gasteiger charge is -2.26. The van der Waals surface area contributed by atoms with Gasteiger partial charge in [-0.1, -0.05) is 0 Å². The van der Waals surface area contributed by atoms with Gasteiger partial charge in [0.15, 0.2) is 0 Å². The van der Waals surface area contributed by atoms with E-state index in [0.29, 0.717) is 45.8 Å². The smallest absolute Gasteiger partial charge is 0.224 e. The summed E-state index contributed by atoms with van der Waals surface area (Å²) in [5.41, 5.74) is 1.02. The first-order valence-corrected chi connectivity index (χ1v) is 6.16. The maximum Gasteiger partial charge on any atom is 0.224 e. The molecule has 0 aromatic carbocycles. The Bertz CT molecular complexity index is 366. The number of hydrogen-bond acceptors (Lipinski definition) is 5. The predicted octanol–water partition coefficient (Wildman–Crippen LogP) is -0.185. The molecule has 1 N–H and O–H groups in total. The standard InChI is InChI=1S/C12H18N4O2/c17-12(16-3-5-18-6-4-16)1-2-13-7-11-8-14-10-15-9-11/h8-10,13H,1-7H2. The summed E-state index contributed by atoms with van der Waals surface area (Å²) in [6, 6.07) is 0. The molecule has 2 rings (SSSR count). The van der Waals surface area contributed by atoms with Gasteiger partial charge in [0, 0.05) is 50.6 Å². The first-order valence-electron chi connectivity index (χ1n) is 6.16. The number of nitrogens with one attached hydrogen (secondary N) is 1. The Balaban J connectivity index is 1.61. The van der Waals surface area contributed by atoms with Crippen LogP contribution in [0.25, 0.3) is 0 Å². The first kappa shape index (κ1) is 12.9. The van der Waals surface area contributed by atoms with E-state index in [9.17, 15) is 4.79 Å². The number of nitrogens with zero attached hydrogens (tertiary/aromatic N) is 3. The molecule has 6 heteroatoms. The van der Waals surface area contributed by atoms with Gasteiger partial charge in [-0.25, -0.2) is 9.97 Å². The normalized spacial score (nSPS) is 15.7. The van der Waals surface area contributed by atoms with E-state index < -0.39 is 0 Å². The molecule has 1 aromatic rings. The summed E-state index contributed by atoms with van der Waals surface area (Å²) in [4.78, 5) is 21.5. The van der Waals surface area contributed by atoms with Gasteiger partial charge in [-0.2, -0.15) is 0 Å². The van der Waals surface area contributed by atoms with Crippen LogP contribution in [0.1, 0.15) is 12.0 Å². The molecule has 0 unspecified atom stereocenters. The van der Waals surface area contributed by atoms with E-state index in [1.165, 1.54) is 6.33 Å². The highest BCUT2D eigenvalue weighted by molar-refractivity contribution is 5.76. The summed E-state index contributed by atoms with van der Waals surface area (Å²) < 4.78 is 5.21. The Morgan fingerprint density at radius 3 is 2.78 bits per heavy atom. The van der Waals surface area contributed by atoms with Crippen LogP contribution < -0.4 is 5.32 Å². The Morgan fingerprint density at radius 1 is 1.33 bits per heavy atom. The summed E-state index contributed by atoms with van der Waals surface area (Å²) in [6.45, 7) is 4.10. The fraction of sp³-hybridized carbons (Fsp3) is 0.583. The summed E-state index contributed by atoms with van der Waals surface area (Å²) in [6.07, 6.45) is 5.56. The third-order valence-electron chi connectivity index (χ3n) is 2.82. The van der Waals surface area contributed by atoms with Gasteiger partial charge >= 0.3 is 0 Å². The Labute approximate surface area is 106 Å². The maximum absolute atomic E-state index is 11.8. The first-order chi connectivity index (χ1) is 8.86. The van der Waals surface area contributed by atoms with E-state index in [2.05, 4.69) is 15.3 Å². The van der Waals surface area contributed by atoms with E-state index in [1.54, 1.807) is 12.4 Å². The van der Waals surface area contributed by atoms with Crippen molar-refractivity contribution in [2.24, 2.45) is 0 Å². The number of morpholine rings is 1. The highest BCUT2D eigenvalue weighted by Crippen LogP contribution is 1.99. The van der Waals surface area contributed by atoms with Gasteiger partial charge < -0.3 is 15.0 Å². The highest BCUT2D eigenvalue weighted by atomic mass is 16.5. The number of rotatable bonds is 5. The van der Waals surface area contributed by atoms with Gasteiger partial charge in [-0.3, -0.25) is 4.79 Å². The molecule has 6 nitrogen and oxygen atoms in total. The molecule has 18 heavy (non-hydrogen) atoms. The molecule has 0 saturated carbocycles. The van der Waals surface area contributed by atoms with Crippen LogP contribution in [-0.4, -0.2) is 53.6 Å². The van der Waals surface area contributed by atoms with E-state index in [1.807, 2.05) is 4.90 Å². The largest absolute Gasteiger partial charge is 0.378 e. The van der Waals surface area contributed by atoms with Crippen LogP contribution in [0.5, 0.6) is 0 Å². The molecule has 1 aliphatic rings. The van der Waals surface area contributed by atoms with Crippen molar-refractivity contribution in [1.82, 2.24) is 20.2 Å². The summed E-state index contributed by atoms with van der Waals surface area (Å²) in [7, 11) is 0. The number of ether oxygens (including phenoxy) is 1. The molecule has 0 spiro atoms. The predicted molar refractivity (Wildman–Crippen MR) is 65.8 cm³/mol. The van der Waals surface area contributed by atoms with Crippen molar-refractivity contribution in [3.05, 3.63) is 24.3 Å². The average Bonchev–Trinajstić information content (AvgIpc) is 2.45. The van der Waals surface area contributed by atoms with Crippen molar-refractivity contribution in [2.75, 3.05) is 32.8 Å². The average molecular weight is 250 g/mol. The molecule has 2 heterocycles. The van der Waals surface area contributed by atoms with Gasteiger partial charge in [0.05, 0.1) is 13.2 Å². The van der Waals surface area contributed by atoms with Crippen molar-refractivity contribution in [1.29, 1.82) is 0 Å². The van der Waals surface area contributed by atoms with Gasteiger partial charge in [0.25, 0.3) is 0 Å². The molecule has 0 aliphatic carbocycles. The van der Waals surface area contributed by atoms with E-state index in [4.69, 9.17) is 4.74 Å². The van der Waals surface area contributed by atoms with Gasteiger partial charge in [0.1, 0.15) is 6.33 Å². The van der Waals surface area contributed by atoms with Crippen molar-refractivity contribution in [3.8, 4) is 0 Å². The number of amides is 1. The lowest BCUT2D eigenvalue weighted by atomic mass is 10.3. The zero-order valence-corrected chi connectivity index (χ0v) is 10.3. The number of carbonyl (C=O) groups excluding carboxylic acids is 1. The Kier molecular flexibility index (Phi) is 5.04. The quantitative estimate of drug-likeness (QED) is 0.734. The number of aromatic nitrogens is 2. The van der Waals surface area contributed by atoms with Crippen molar-refractivity contribution in [2.45, 2.75) is 13.0 Å². The summed E-state index contributed by atoms with van der Waals surface area (Å²) in [5, 5.41) is 3.21. The maximum atomic E-state index is 11.8. The van der Waals surface area contributed by atoms with Crippen LogP contribution >= 0.6 is 0 Å².